The molecule has 92 valence electrons. The van der Waals surface area contributed by atoms with Gasteiger partial charge in [0.1, 0.15) is 0 Å². The smallest absolute Gasteiger partial charge is 0.234 e. The van der Waals surface area contributed by atoms with Gasteiger partial charge in [0.25, 0.3) is 0 Å². The number of hydrogen-bond donors (Lipinski definition) is 0. The van der Waals surface area contributed by atoms with E-state index in [9.17, 15) is 4.79 Å². The van der Waals surface area contributed by atoms with Crippen LogP contribution in [0, 0.1) is 0 Å². The molecule has 5 nitrogen and oxygen atoms in total. The summed E-state index contributed by atoms with van der Waals surface area (Å²) in [5.74, 6) is 1.74. The van der Waals surface area contributed by atoms with Gasteiger partial charge in [-0.25, -0.2) is 9.79 Å². The Morgan fingerprint density at radius 3 is 2.12 bits per heavy atom. The van der Waals surface area contributed by atoms with Gasteiger partial charge in [-0.3, -0.25) is 0 Å². The number of ether oxygens (including phenoxy) is 3. The van der Waals surface area contributed by atoms with Crippen molar-refractivity contribution in [3.05, 3.63) is 17.7 Å². The Hall–Kier alpha value is -2.00. The van der Waals surface area contributed by atoms with Gasteiger partial charge in [0, 0.05) is 0 Å². The molecule has 0 bridgehead atoms. The lowest BCUT2D eigenvalue weighted by Gasteiger charge is -2.13. The first-order valence-corrected chi connectivity index (χ1v) is 5.09. The number of benzene rings is 1. The van der Waals surface area contributed by atoms with Crippen molar-refractivity contribution < 1.29 is 19.0 Å². The van der Waals surface area contributed by atoms with Crippen LogP contribution in [-0.4, -0.2) is 34.0 Å². The summed E-state index contributed by atoms with van der Waals surface area (Å²) < 4.78 is 15.6. The van der Waals surface area contributed by atoms with Crippen LogP contribution in [0.5, 0.6) is 17.2 Å². The highest BCUT2D eigenvalue weighted by Crippen LogP contribution is 2.38. The van der Waals surface area contributed by atoms with Gasteiger partial charge < -0.3 is 14.2 Å². The van der Waals surface area contributed by atoms with E-state index in [0.717, 1.165) is 5.56 Å². The maximum absolute atomic E-state index is 9.98. The molecule has 0 aliphatic heterocycles. The van der Waals surface area contributed by atoms with E-state index >= 15 is 0 Å². The van der Waals surface area contributed by atoms with Gasteiger partial charge in [0.15, 0.2) is 11.5 Å². The van der Waals surface area contributed by atoms with Crippen LogP contribution in [0.2, 0.25) is 0 Å². The van der Waals surface area contributed by atoms with E-state index in [1.807, 2.05) is 12.1 Å². The van der Waals surface area contributed by atoms with Crippen LogP contribution in [0.4, 0.5) is 0 Å². The highest BCUT2D eigenvalue weighted by atomic mass is 16.5. The van der Waals surface area contributed by atoms with Crippen molar-refractivity contribution >= 4 is 6.08 Å². The molecule has 0 aliphatic rings. The zero-order valence-corrected chi connectivity index (χ0v) is 10.1. The third-order valence-corrected chi connectivity index (χ3v) is 2.30. The Morgan fingerprint density at radius 2 is 1.71 bits per heavy atom. The largest absolute Gasteiger partial charge is 0.493 e. The molecule has 0 amide bonds. The Morgan fingerprint density at radius 1 is 1.12 bits per heavy atom. The zero-order chi connectivity index (χ0) is 12.7. The number of rotatable bonds is 6. The van der Waals surface area contributed by atoms with E-state index in [4.69, 9.17) is 14.2 Å². The van der Waals surface area contributed by atoms with Crippen molar-refractivity contribution in [3.63, 3.8) is 0 Å². The molecule has 0 fully saturated rings. The molecule has 0 radical (unpaired) electrons. The van der Waals surface area contributed by atoms with Gasteiger partial charge in [0.05, 0.1) is 27.9 Å². The Labute approximate surface area is 100 Å². The van der Waals surface area contributed by atoms with Gasteiger partial charge >= 0.3 is 0 Å². The monoisotopic (exact) mass is 237 g/mol. The molecule has 5 heteroatoms. The molecule has 0 N–H and O–H groups in total. The fourth-order valence-corrected chi connectivity index (χ4v) is 1.51. The van der Waals surface area contributed by atoms with Crippen molar-refractivity contribution in [1.29, 1.82) is 0 Å². The maximum atomic E-state index is 9.98. The van der Waals surface area contributed by atoms with Gasteiger partial charge in [-0.1, -0.05) is 0 Å². The number of methoxy groups -OCH3 is 3. The standard InChI is InChI=1S/C12H15NO4/c1-15-10-6-9(4-5-13-8-14)7-11(16-2)12(10)17-3/h6-7H,4-5H2,1-3H3. The molecule has 0 heterocycles. The summed E-state index contributed by atoms with van der Waals surface area (Å²) in [6.45, 7) is 0.391. The first-order chi connectivity index (χ1) is 8.26. The SMILES string of the molecule is COc1cc(CCN=C=O)cc(OC)c1OC. The van der Waals surface area contributed by atoms with E-state index in [2.05, 4.69) is 4.99 Å². The predicted molar refractivity (Wildman–Crippen MR) is 62.8 cm³/mol. The lowest BCUT2D eigenvalue weighted by molar-refractivity contribution is 0.324. The second kappa shape index (κ2) is 6.55. The second-order valence-electron chi connectivity index (χ2n) is 3.26. The summed E-state index contributed by atoms with van der Waals surface area (Å²) >= 11 is 0. The van der Waals surface area contributed by atoms with Crippen LogP contribution >= 0.6 is 0 Å². The molecule has 0 saturated heterocycles. The molecule has 1 aromatic rings. The molecule has 1 rings (SSSR count). The molecular weight excluding hydrogens is 222 g/mol. The van der Waals surface area contributed by atoms with E-state index in [0.29, 0.717) is 30.2 Å². The lowest BCUT2D eigenvalue weighted by Crippen LogP contribution is -1.98. The number of nitrogens with zero attached hydrogens (tertiary/aromatic N) is 1. The summed E-state index contributed by atoms with van der Waals surface area (Å²) in [7, 11) is 4.67. The van der Waals surface area contributed by atoms with E-state index < -0.39 is 0 Å². The van der Waals surface area contributed by atoms with Crippen LogP contribution in [0.1, 0.15) is 5.56 Å². The van der Waals surface area contributed by atoms with Crippen LogP contribution in [-0.2, 0) is 11.2 Å². The molecule has 0 atom stereocenters. The minimum Gasteiger partial charge on any atom is -0.493 e. The summed E-state index contributed by atoms with van der Waals surface area (Å²) in [5.41, 5.74) is 0.957. The topological polar surface area (TPSA) is 57.1 Å². The fourth-order valence-electron chi connectivity index (χ4n) is 1.51. The summed E-state index contributed by atoms with van der Waals surface area (Å²) in [4.78, 5) is 13.5. The Kier molecular flexibility index (Phi) is 5.04. The van der Waals surface area contributed by atoms with Crippen LogP contribution in [0.3, 0.4) is 0 Å². The summed E-state index contributed by atoms with van der Waals surface area (Å²) in [6.07, 6.45) is 2.12. The normalized spacial score (nSPS) is 9.35. The van der Waals surface area contributed by atoms with Crippen LogP contribution in [0.15, 0.2) is 17.1 Å². The van der Waals surface area contributed by atoms with Gasteiger partial charge in [0.2, 0.25) is 11.8 Å². The first kappa shape index (κ1) is 13.1. The quantitative estimate of drug-likeness (QED) is 0.557. The lowest BCUT2D eigenvalue weighted by atomic mass is 10.1. The van der Waals surface area contributed by atoms with Crippen molar-refractivity contribution in [1.82, 2.24) is 0 Å². The predicted octanol–water partition coefficient (Wildman–Crippen LogP) is 1.59. The van der Waals surface area contributed by atoms with Gasteiger partial charge in [-0.2, -0.15) is 0 Å². The Balaban J connectivity index is 3.04. The molecular formula is C12H15NO4. The molecule has 0 saturated carbocycles. The van der Waals surface area contributed by atoms with Crippen LogP contribution < -0.4 is 14.2 Å². The van der Waals surface area contributed by atoms with Crippen molar-refractivity contribution in [3.8, 4) is 17.2 Å². The molecule has 0 unspecified atom stereocenters. The Bertz CT molecular complexity index is 400. The molecule has 0 aromatic heterocycles. The molecule has 17 heavy (non-hydrogen) atoms. The number of aliphatic imine (C=N–C) groups is 1. The third-order valence-electron chi connectivity index (χ3n) is 2.30. The number of carbonyl (C=O) groups excluding carboxylic acids is 1. The van der Waals surface area contributed by atoms with Crippen molar-refractivity contribution in [2.75, 3.05) is 27.9 Å². The zero-order valence-electron chi connectivity index (χ0n) is 10.1. The average Bonchev–Trinajstić information content (AvgIpc) is 2.37. The van der Waals surface area contributed by atoms with E-state index in [-0.39, 0.29) is 0 Å². The van der Waals surface area contributed by atoms with Gasteiger partial charge in [-0.15, -0.1) is 0 Å². The minimum absolute atomic E-state index is 0.391. The summed E-state index contributed by atoms with van der Waals surface area (Å²) in [5, 5.41) is 0. The maximum Gasteiger partial charge on any atom is 0.234 e. The van der Waals surface area contributed by atoms with Crippen molar-refractivity contribution in [2.45, 2.75) is 6.42 Å². The minimum atomic E-state index is 0.391. The fraction of sp³-hybridized carbons (Fsp3) is 0.417. The first-order valence-electron chi connectivity index (χ1n) is 5.09. The number of hydrogen-bond acceptors (Lipinski definition) is 5. The van der Waals surface area contributed by atoms with Crippen molar-refractivity contribution in [2.24, 2.45) is 4.99 Å². The molecule has 0 spiro atoms. The molecule has 1 aromatic carbocycles. The van der Waals surface area contributed by atoms with Crippen LogP contribution in [0.25, 0.3) is 0 Å². The average molecular weight is 237 g/mol. The highest BCUT2D eigenvalue weighted by molar-refractivity contribution is 5.53. The second-order valence-corrected chi connectivity index (χ2v) is 3.26. The van der Waals surface area contributed by atoms with E-state index in [1.54, 1.807) is 21.3 Å². The van der Waals surface area contributed by atoms with Gasteiger partial charge in [-0.05, 0) is 24.1 Å². The highest BCUT2D eigenvalue weighted by Gasteiger charge is 2.12. The summed E-state index contributed by atoms with van der Waals surface area (Å²) in [6, 6.07) is 3.67. The third kappa shape index (κ3) is 3.23. The molecule has 0 aliphatic carbocycles. The van der Waals surface area contributed by atoms with E-state index in [1.165, 1.54) is 6.08 Å². The number of isocyanates is 1.